The third kappa shape index (κ3) is 2.92. The van der Waals surface area contributed by atoms with Gasteiger partial charge in [-0.1, -0.05) is 19.8 Å². The second kappa shape index (κ2) is 6.38. The zero-order chi connectivity index (χ0) is 13.8. The summed E-state index contributed by atoms with van der Waals surface area (Å²) >= 11 is 5.91. The predicted octanol–water partition coefficient (Wildman–Crippen LogP) is 4.27. The molecule has 0 saturated carbocycles. The summed E-state index contributed by atoms with van der Waals surface area (Å²) in [6.45, 7) is 6.56. The van der Waals surface area contributed by atoms with E-state index >= 15 is 0 Å². The van der Waals surface area contributed by atoms with E-state index < -0.39 is 0 Å². The van der Waals surface area contributed by atoms with Gasteiger partial charge in [0.25, 0.3) is 0 Å². The second-order valence-corrected chi connectivity index (χ2v) is 5.51. The van der Waals surface area contributed by atoms with E-state index in [-0.39, 0.29) is 0 Å². The Morgan fingerprint density at radius 3 is 2.89 bits per heavy atom. The molecule has 1 unspecified atom stereocenters. The molecule has 0 N–H and O–H groups in total. The summed E-state index contributed by atoms with van der Waals surface area (Å²) in [6.07, 6.45) is 6.27. The quantitative estimate of drug-likeness (QED) is 0.739. The van der Waals surface area contributed by atoms with Crippen LogP contribution in [0.15, 0.2) is 12.3 Å². The van der Waals surface area contributed by atoms with Crippen molar-refractivity contribution in [1.82, 2.24) is 14.5 Å². The van der Waals surface area contributed by atoms with E-state index in [4.69, 9.17) is 16.6 Å². The number of nitrogens with zero attached hydrogens (tertiary/aromatic N) is 3. The van der Waals surface area contributed by atoms with Crippen LogP contribution in [0.4, 0.5) is 0 Å². The van der Waals surface area contributed by atoms with E-state index in [2.05, 4.69) is 30.3 Å². The van der Waals surface area contributed by atoms with Gasteiger partial charge in [-0.2, -0.15) is 0 Å². The number of hydrogen-bond acceptors (Lipinski definition) is 2. The average molecular weight is 280 g/mol. The predicted molar refractivity (Wildman–Crippen MR) is 80.9 cm³/mol. The molecule has 0 aliphatic heterocycles. The molecular formula is C15H22ClN3. The molecule has 3 nitrogen and oxygen atoms in total. The number of unbranched alkanes of at least 4 members (excludes halogenated alkanes) is 1. The largest absolute Gasteiger partial charge is 0.310 e. The van der Waals surface area contributed by atoms with Gasteiger partial charge in [-0.05, 0) is 31.9 Å². The lowest BCUT2D eigenvalue weighted by atomic mass is 10.1. The molecule has 2 rings (SSSR count). The lowest BCUT2D eigenvalue weighted by Crippen LogP contribution is -2.10. The smallest absolute Gasteiger partial charge is 0.160 e. The lowest BCUT2D eigenvalue weighted by molar-refractivity contribution is 0.479. The number of aromatic nitrogens is 3. The van der Waals surface area contributed by atoms with E-state index in [1.54, 1.807) is 0 Å². The monoisotopic (exact) mass is 279 g/mol. The molecule has 0 amide bonds. The first-order valence-electron chi connectivity index (χ1n) is 7.07. The minimum atomic E-state index is 0.428. The second-order valence-electron chi connectivity index (χ2n) is 5.13. The minimum absolute atomic E-state index is 0.428. The van der Waals surface area contributed by atoms with Gasteiger partial charge >= 0.3 is 0 Å². The summed E-state index contributed by atoms with van der Waals surface area (Å²) in [5, 5.41) is 0. The van der Waals surface area contributed by atoms with Gasteiger partial charge < -0.3 is 4.57 Å². The van der Waals surface area contributed by atoms with Crippen molar-refractivity contribution in [2.75, 3.05) is 5.88 Å². The molecule has 0 bridgehead atoms. The van der Waals surface area contributed by atoms with Gasteiger partial charge in [0.2, 0.25) is 0 Å². The van der Waals surface area contributed by atoms with Crippen LogP contribution in [-0.2, 0) is 6.42 Å². The molecule has 0 aromatic carbocycles. The van der Waals surface area contributed by atoms with Crippen LogP contribution in [0.25, 0.3) is 11.2 Å². The summed E-state index contributed by atoms with van der Waals surface area (Å²) in [5.74, 6) is 1.67. The number of imidazole rings is 1. The first-order valence-corrected chi connectivity index (χ1v) is 7.60. The normalized spacial score (nSPS) is 13.1. The number of halogens is 1. The van der Waals surface area contributed by atoms with Crippen LogP contribution in [0.1, 0.15) is 50.5 Å². The highest BCUT2D eigenvalue weighted by molar-refractivity contribution is 6.17. The number of alkyl halides is 1. The maximum atomic E-state index is 5.91. The molecule has 0 fully saturated rings. The van der Waals surface area contributed by atoms with Crippen LogP contribution in [-0.4, -0.2) is 20.4 Å². The molecule has 2 heterocycles. The molecule has 1 atom stereocenters. The topological polar surface area (TPSA) is 30.7 Å². The first-order chi connectivity index (χ1) is 9.19. The van der Waals surface area contributed by atoms with Gasteiger partial charge in [0, 0.05) is 24.5 Å². The first kappa shape index (κ1) is 14.3. The molecule has 19 heavy (non-hydrogen) atoms. The fourth-order valence-electron chi connectivity index (χ4n) is 2.51. The van der Waals surface area contributed by atoms with E-state index in [0.717, 1.165) is 29.8 Å². The van der Waals surface area contributed by atoms with Crippen LogP contribution in [0, 0.1) is 6.92 Å². The number of aryl methyl sites for hydroxylation is 2. The van der Waals surface area contributed by atoms with Crippen molar-refractivity contribution in [2.24, 2.45) is 0 Å². The van der Waals surface area contributed by atoms with Crippen LogP contribution >= 0.6 is 11.6 Å². The molecule has 0 aliphatic carbocycles. The number of fused-ring (bicyclic) bond motifs is 1. The lowest BCUT2D eigenvalue weighted by Gasteiger charge is -2.16. The van der Waals surface area contributed by atoms with Crippen molar-refractivity contribution in [3.63, 3.8) is 0 Å². The molecule has 0 aliphatic rings. The van der Waals surface area contributed by atoms with Crippen molar-refractivity contribution in [3.8, 4) is 0 Å². The van der Waals surface area contributed by atoms with E-state index in [9.17, 15) is 0 Å². The maximum absolute atomic E-state index is 5.91. The molecule has 0 saturated heterocycles. The molecule has 104 valence electrons. The molecule has 0 radical (unpaired) electrons. The summed E-state index contributed by atoms with van der Waals surface area (Å²) < 4.78 is 2.28. The van der Waals surface area contributed by atoms with Crippen LogP contribution in [0.3, 0.4) is 0 Å². The fraction of sp³-hybridized carbons (Fsp3) is 0.600. The van der Waals surface area contributed by atoms with Gasteiger partial charge in [-0.3, -0.25) is 0 Å². The van der Waals surface area contributed by atoms with E-state index in [1.165, 1.54) is 18.4 Å². The van der Waals surface area contributed by atoms with Gasteiger partial charge in [0.05, 0.1) is 0 Å². The van der Waals surface area contributed by atoms with E-state index in [0.29, 0.717) is 11.9 Å². The summed E-state index contributed by atoms with van der Waals surface area (Å²) in [7, 11) is 0. The Hall–Kier alpha value is -1.09. The van der Waals surface area contributed by atoms with Crippen molar-refractivity contribution >= 4 is 22.8 Å². The fourth-order valence-corrected chi connectivity index (χ4v) is 2.68. The highest BCUT2D eigenvalue weighted by Gasteiger charge is 2.17. The van der Waals surface area contributed by atoms with Crippen molar-refractivity contribution < 1.29 is 0 Å². The maximum Gasteiger partial charge on any atom is 0.160 e. The Morgan fingerprint density at radius 1 is 1.42 bits per heavy atom. The molecule has 2 aromatic heterocycles. The molecule has 2 aromatic rings. The summed E-state index contributed by atoms with van der Waals surface area (Å²) in [5.41, 5.74) is 3.21. The van der Waals surface area contributed by atoms with Crippen LogP contribution < -0.4 is 0 Å². The SMILES string of the molecule is CCCCC(C)n1c(CCCl)nc2c(C)ccnc21. The van der Waals surface area contributed by atoms with Gasteiger partial charge in [-0.15, -0.1) is 11.6 Å². The minimum Gasteiger partial charge on any atom is -0.310 e. The van der Waals surface area contributed by atoms with Gasteiger partial charge in [-0.25, -0.2) is 9.97 Å². The zero-order valence-electron chi connectivity index (χ0n) is 12.0. The van der Waals surface area contributed by atoms with Crippen molar-refractivity contribution in [2.45, 2.75) is 52.5 Å². The van der Waals surface area contributed by atoms with Crippen molar-refractivity contribution in [3.05, 3.63) is 23.7 Å². The Bertz CT molecular complexity index is 548. The molecule has 4 heteroatoms. The average Bonchev–Trinajstić information content (AvgIpc) is 2.76. The highest BCUT2D eigenvalue weighted by Crippen LogP contribution is 2.25. The number of hydrogen-bond donors (Lipinski definition) is 0. The standard InChI is InChI=1S/C15H22ClN3/c1-4-5-6-12(3)19-13(7-9-16)18-14-11(2)8-10-17-15(14)19/h8,10,12H,4-7,9H2,1-3H3. The van der Waals surface area contributed by atoms with Gasteiger partial charge in [0.1, 0.15) is 11.3 Å². The third-order valence-corrected chi connectivity index (χ3v) is 3.78. The Balaban J connectivity index is 2.48. The van der Waals surface area contributed by atoms with Gasteiger partial charge in [0.15, 0.2) is 5.65 Å². The van der Waals surface area contributed by atoms with E-state index in [1.807, 2.05) is 12.3 Å². The van der Waals surface area contributed by atoms with Crippen LogP contribution in [0.2, 0.25) is 0 Å². The summed E-state index contributed by atoms with van der Waals surface area (Å²) in [6, 6.07) is 2.44. The third-order valence-electron chi connectivity index (χ3n) is 3.59. The Morgan fingerprint density at radius 2 is 2.21 bits per heavy atom. The Labute approximate surface area is 120 Å². The highest BCUT2D eigenvalue weighted by atomic mass is 35.5. The zero-order valence-corrected chi connectivity index (χ0v) is 12.7. The number of rotatable bonds is 6. The molecular weight excluding hydrogens is 258 g/mol. The summed E-state index contributed by atoms with van der Waals surface area (Å²) in [4.78, 5) is 9.28. The van der Waals surface area contributed by atoms with Crippen molar-refractivity contribution in [1.29, 1.82) is 0 Å². The Kier molecular flexibility index (Phi) is 4.81. The number of pyridine rings is 1. The van der Waals surface area contributed by atoms with Crippen LogP contribution in [0.5, 0.6) is 0 Å². The molecule has 0 spiro atoms.